The Labute approximate surface area is 147 Å². The molecule has 0 atom stereocenters. The van der Waals surface area contributed by atoms with Gasteiger partial charge in [-0.15, -0.1) is 0 Å². The second-order valence-electron chi connectivity index (χ2n) is 4.93. The van der Waals surface area contributed by atoms with E-state index >= 15 is 0 Å². The second-order valence-corrected chi connectivity index (χ2v) is 5.32. The minimum atomic E-state index is 0.0392. The molecule has 0 bridgehead atoms. The highest BCUT2D eigenvalue weighted by Crippen LogP contribution is 2.10. The summed E-state index contributed by atoms with van der Waals surface area (Å²) < 4.78 is 5.20. The maximum absolute atomic E-state index is 8.48. The van der Waals surface area contributed by atoms with Crippen LogP contribution in [0, 0.1) is 11.3 Å². The van der Waals surface area contributed by atoms with Crippen molar-refractivity contribution in [1.82, 2.24) is 10.3 Å². The number of rotatable bonds is 6. The number of hydrogen-bond donors (Lipinski definition) is 1. The number of nitriles is 1. The van der Waals surface area contributed by atoms with Gasteiger partial charge in [-0.1, -0.05) is 30.3 Å². The maximum Gasteiger partial charge on any atom is 0.189 e. The van der Waals surface area contributed by atoms with Crippen LogP contribution in [0.25, 0.3) is 0 Å². The topological polar surface area (TPSA) is 60.6 Å². The Kier molecular flexibility index (Phi) is 6.74. The summed E-state index contributed by atoms with van der Waals surface area (Å²) in [6.07, 6.45) is 1.71. The van der Waals surface area contributed by atoms with Crippen LogP contribution in [-0.4, -0.2) is 30.0 Å². The summed E-state index contributed by atoms with van der Waals surface area (Å²) in [6.45, 7) is 0.696. The number of nitrogens with one attached hydrogen (secondary N) is 1. The van der Waals surface area contributed by atoms with Crippen LogP contribution >= 0.6 is 12.2 Å². The summed E-state index contributed by atoms with van der Waals surface area (Å²) in [5.74, 6) is 0.655. The van der Waals surface area contributed by atoms with Crippen molar-refractivity contribution in [2.24, 2.45) is 5.10 Å². The van der Waals surface area contributed by atoms with E-state index in [-0.39, 0.29) is 6.61 Å². The first-order valence-corrected chi connectivity index (χ1v) is 7.79. The minimum absolute atomic E-state index is 0.0392. The van der Waals surface area contributed by atoms with E-state index < -0.39 is 0 Å². The molecular weight excluding hydrogens is 320 g/mol. The molecule has 2 rings (SSSR count). The quantitative estimate of drug-likeness (QED) is 0.498. The fraction of sp³-hybridized carbons (Fsp3) is 0.167. The number of nitrogens with zero attached hydrogens (tertiary/aromatic N) is 3. The van der Waals surface area contributed by atoms with Gasteiger partial charge in [0.2, 0.25) is 0 Å². The fourth-order valence-corrected chi connectivity index (χ4v) is 1.98. The standard InChI is InChI=1S/C18H18N4OS/c1-22(18(24)20-13-15-5-3-2-4-6-15)21-14-16-7-9-17(10-8-16)23-12-11-19/h2-10,14H,12-13H2,1H3,(H,20,24)/b21-14-. The molecule has 0 aliphatic rings. The van der Waals surface area contributed by atoms with Crippen molar-refractivity contribution in [1.29, 1.82) is 5.26 Å². The third kappa shape index (κ3) is 5.71. The van der Waals surface area contributed by atoms with Crippen LogP contribution in [0.1, 0.15) is 11.1 Å². The molecule has 122 valence electrons. The predicted molar refractivity (Wildman–Crippen MR) is 98.8 cm³/mol. The first-order valence-electron chi connectivity index (χ1n) is 7.38. The Morgan fingerprint density at radius 1 is 1.25 bits per heavy atom. The zero-order valence-corrected chi connectivity index (χ0v) is 14.2. The molecule has 0 aromatic heterocycles. The molecule has 0 amide bonds. The van der Waals surface area contributed by atoms with E-state index in [0.717, 1.165) is 11.1 Å². The van der Waals surface area contributed by atoms with Crippen LogP contribution in [0.4, 0.5) is 0 Å². The van der Waals surface area contributed by atoms with Gasteiger partial charge in [0.25, 0.3) is 0 Å². The Bertz CT molecular complexity index is 723. The van der Waals surface area contributed by atoms with E-state index in [0.29, 0.717) is 17.4 Å². The van der Waals surface area contributed by atoms with E-state index in [2.05, 4.69) is 10.4 Å². The minimum Gasteiger partial charge on any atom is -0.479 e. The molecule has 0 fully saturated rings. The van der Waals surface area contributed by atoms with Crippen molar-refractivity contribution in [3.8, 4) is 11.8 Å². The molecule has 0 heterocycles. The van der Waals surface area contributed by atoms with Gasteiger partial charge in [-0.25, -0.2) is 5.01 Å². The molecule has 2 aromatic rings. The van der Waals surface area contributed by atoms with Crippen molar-refractivity contribution >= 4 is 23.5 Å². The second kappa shape index (κ2) is 9.28. The molecule has 0 unspecified atom stereocenters. The van der Waals surface area contributed by atoms with Crippen LogP contribution in [0.3, 0.4) is 0 Å². The van der Waals surface area contributed by atoms with Gasteiger partial charge in [0.05, 0.1) is 6.21 Å². The first-order chi connectivity index (χ1) is 11.7. The number of hydrazone groups is 1. The Hall–Kier alpha value is -2.91. The molecule has 0 saturated carbocycles. The molecule has 0 aliphatic heterocycles. The van der Waals surface area contributed by atoms with Crippen molar-refractivity contribution in [2.45, 2.75) is 6.54 Å². The maximum atomic E-state index is 8.48. The molecule has 1 N–H and O–H groups in total. The summed E-state index contributed by atoms with van der Waals surface area (Å²) in [7, 11) is 1.79. The van der Waals surface area contributed by atoms with Crippen molar-refractivity contribution < 1.29 is 4.74 Å². The summed E-state index contributed by atoms with van der Waals surface area (Å²) in [6, 6.07) is 19.3. The summed E-state index contributed by atoms with van der Waals surface area (Å²) in [5, 5.41) is 18.1. The Morgan fingerprint density at radius 2 is 1.96 bits per heavy atom. The molecule has 0 aliphatic carbocycles. The molecule has 0 radical (unpaired) electrons. The third-order valence-corrected chi connectivity index (χ3v) is 3.55. The SMILES string of the molecule is CN(/N=C\c1ccc(OCC#N)cc1)C(=S)NCc1ccccc1. The van der Waals surface area contributed by atoms with Crippen LogP contribution in [0.2, 0.25) is 0 Å². The smallest absolute Gasteiger partial charge is 0.189 e. The van der Waals surface area contributed by atoms with E-state index in [1.165, 1.54) is 0 Å². The summed E-state index contributed by atoms with van der Waals surface area (Å²) >= 11 is 5.31. The average molecular weight is 338 g/mol. The fourth-order valence-electron chi connectivity index (χ4n) is 1.86. The molecule has 2 aromatic carbocycles. The number of benzene rings is 2. The van der Waals surface area contributed by atoms with Crippen LogP contribution in [0.5, 0.6) is 5.75 Å². The van der Waals surface area contributed by atoms with Crippen LogP contribution < -0.4 is 10.1 Å². The monoisotopic (exact) mass is 338 g/mol. The van der Waals surface area contributed by atoms with Gasteiger partial charge in [0.15, 0.2) is 11.7 Å². The lowest BCUT2D eigenvalue weighted by Gasteiger charge is -2.15. The van der Waals surface area contributed by atoms with Gasteiger partial charge in [0.1, 0.15) is 11.8 Å². The average Bonchev–Trinajstić information content (AvgIpc) is 2.64. The largest absolute Gasteiger partial charge is 0.479 e. The first kappa shape index (κ1) is 17.4. The van der Waals surface area contributed by atoms with Crippen LogP contribution in [0.15, 0.2) is 59.7 Å². The normalized spacial score (nSPS) is 10.2. The lowest BCUT2D eigenvalue weighted by Crippen LogP contribution is -2.33. The van der Waals surface area contributed by atoms with Gasteiger partial charge < -0.3 is 10.1 Å². The zero-order valence-electron chi connectivity index (χ0n) is 13.3. The third-order valence-electron chi connectivity index (χ3n) is 3.14. The van der Waals surface area contributed by atoms with Gasteiger partial charge in [0, 0.05) is 13.6 Å². The van der Waals surface area contributed by atoms with Crippen LogP contribution in [-0.2, 0) is 6.54 Å². The number of ether oxygens (including phenoxy) is 1. The van der Waals surface area contributed by atoms with Gasteiger partial charge in [-0.2, -0.15) is 10.4 Å². The lowest BCUT2D eigenvalue weighted by atomic mass is 10.2. The molecule has 0 spiro atoms. The highest BCUT2D eigenvalue weighted by molar-refractivity contribution is 7.80. The molecular formula is C18H18N4OS. The molecule has 5 nitrogen and oxygen atoms in total. The molecule has 24 heavy (non-hydrogen) atoms. The van der Waals surface area contributed by atoms with E-state index in [9.17, 15) is 0 Å². The number of hydrogen-bond acceptors (Lipinski definition) is 4. The van der Waals surface area contributed by atoms with Gasteiger partial charge >= 0.3 is 0 Å². The predicted octanol–water partition coefficient (Wildman–Crippen LogP) is 2.93. The lowest BCUT2D eigenvalue weighted by molar-refractivity contribution is 0.368. The Balaban J connectivity index is 1.84. The number of thiocarbonyl (C=S) groups is 1. The zero-order chi connectivity index (χ0) is 17.2. The van der Waals surface area contributed by atoms with Crippen molar-refractivity contribution in [2.75, 3.05) is 13.7 Å². The summed E-state index contributed by atoms with van der Waals surface area (Å²) in [4.78, 5) is 0. The van der Waals surface area contributed by atoms with E-state index in [4.69, 9.17) is 22.2 Å². The highest BCUT2D eigenvalue weighted by atomic mass is 32.1. The van der Waals surface area contributed by atoms with Crippen molar-refractivity contribution in [3.63, 3.8) is 0 Å². The Morgan fingerprint density at radius 3 is 2.62 bits per heavy atom. The van der Waals surface area contributed by atoms with E-state index in [1.807, 2.05) is 48.5 Å². The summed E-state index contributed by atoms with van der Waals surface area (Å²) in [5.41, 5.74) is 2.07. The highest BCUT2D eigenvalue weighted by Gasteiger charge is 2.01. The van der Waals surface area contributed by atoms with E-state index in [1.54, 1.807) is 30.4 Å². The van der Waals surface area contributed by atoms with Crippen molar-refractivity contribution in [3.05, 3.63) is 65.7 Å². The molecule has 6 heteroatoms. The van der Waals surface area contributed by atoms with Gasteiger partial charge in [-0.05, 0) is 47.6 Å². The van der Waals surface area contributed by atoms with Gasteiger partial charge in [-0.3, -0.25) is 0 Å². The molecule has 0 saturated heterocycles.